The van der Waals surface area contributed by atoms with Crippen molar-refractivity contribution in [3.63, 3.8) is 0 Å². The predicted octanol–water partition coefficient (Wildman–Crippen LogP) is 0.429. The molecule has 0 atom stereocenters. The molecule has 0 aromatic carbocycles. The Hall–Kier alpha value is -0.940. The average molecular weight is 196 g/mol. The van der Waals surface area contributed by atoms with Crippen LogP contribution in [0.5, 0.6) is 0 Å². The van der Waals surface area contributed by atoms with E-state index in [2.05, 4.69) is 20.0 Å². The summed E-state index contributed by atoms with van der Waals surface area (Å²) in [6, 6.07) is 0.964. The smallest absolute Gasteiger partial charge is 0.213 e. The summed E-state index contributed by atoms with van der Waals surface area (Å²) in [4.78, 5) is 3.95. The molecule has 0 amide bonds. The van der Waals surface area contributed by atoms with Crippen LogP contribution >= 0.6 is 0 Å². The van der Waals surface area contributed by atoms with Crippen LogP contribution in [0.15, 0.2) is 10.9 Å². The van der Waals surface area contributed by atoms with Crippen molar-refractivity contribution >= 4 is 0 Å². The molecule has 0 saturated heterocycles. The molecule has 14 heavy (non-hydrogen) atoms. The molecule has 0 aliphatic heterocycles. The molecule has 2 rings (SSSR count). The van der Waals surface area contributed by atoms with E-state index in [0.717, 1.165) is 31.5 Å². The molecule has 0 spiro atoms. The Kier molecular flexibility index (Phi) is 3.10. The maximum Gasteiger partial charge on any atom is 0.213 e. The van der Waals surface area contributed by atoms with E-state index in [-0.39, 0.29) is 0 Å². The number of hydrogen-bond acceptors (Lipinski definition) is 5. The Morgan fingerprint density at radius 3 is 2.86 bits per heavy atom. The molecule has 0 unspecified atom stereocenters. The molecule has 3 N–H and O–H groups in total. The van der Waals surface area contributed by atoms with Crippen molar-refractivity contribution in [2.75, 3.05) is 0 Å². The van der Waals surface area contributed by atoms with Gasteiger partial charge in [0, 0.05) is 12.1 Å². The van der Waals surface area contributed by atoms with Gasteiger partial charge in [-0.3, -0.25) is 0 Å². The lowest BCUT2D eigenvalue weighted by Gasteiger charge is -2.26. The minimum Gasteiger partial charge on any atom is -0.343 e. The Balaban J connectivity index is 1.71. The van der Waals surface area contributed by atoms with Gasteiger partial charge in [-0.05, 0) is 25.7 Å². The zero-order chi connectivity index (χ0) is 9.80. The van der Waals surface area contributed by atoms with E-state index in [0.29, 0.717) is 18.6 Å². The van der Waals surface area contributed by atoms with E-state index in [4.69, 9.17) is 5.73 Å². The molecule has 1 saturated carbocycles. The lowest BCUT2D eigenvalue weighted by molar-refractivity contribution is 0.336. The summed E-state index contributed by atoms with van der Waals surface area (Å²) in [6.45, 7) is 0.691. The SMILES string of the molecule is NC1CCC(NCc2ncon2)CC1. The molecule has 1 fully saturated rings. The Bertz CT molecular complexity index is 254. The van der Waals surface area contributed by atoms with Gasteiger partial charge in [0.25, 0.3) is 0 Å². The quantitative estimate of drug-likeness (QED) is 0.733. The third-order valence-corrected chi connectivity index (χ3v) is 2.73. The Morgan fingerprint density at radius 2 is 2.21 bits per heavy atom. The monoisotopic (exact) mass is 196 g/mol. The highest BCUT2D eigenvalue weighted by molar-refractivity contribution is 4.82. The second kappa shape index (κ2) is 4.52. The highest BCUT2D eigenvalue weighted by Gasteiger charge is 2.18. The molecule has 78 valence electrons. The first-order valence-electron chi connectivity index (χ1n) is 5.09. The average Bonchev–Trinajstić information content (AvgIpc) is 2.70. The summed E-state index contributed by atoms with van der Waals surface area (Å²) in [5.74, 6) is 0.722. The molecule has 1 aliphatic rings. The fourth-order valence-corrected chi connectivity index (χ4v) is 1.83. The van der Waals surface area contributed by atoms with Crippen LogP contribution in [-0.2, 0) is 6.54 Å². The van der Waals surface area contributed by atoms with Crippen molar-refractivity contribution in [1.82, 2.24) is 15.5 Å². The van der Waals surface area contributed by atoms with E-state index in [1.165, 1.54) is 6.39 Å². The number of aromatic nitrogens is 2. The van der Waals surface area contributed by atoms with Gasteiger partial charge in [0.15, 0.2) is 5.82 Å². The second-order valence-corrected chi connectivity index (χ2v) is 3.84. The summed E-state index contributed by atoms with van der Waals surface area (Å²) < 4.78 is 4.65. The molecule has 1 aromatic heterocycles. The van der Waals surface area contributed by atoms with Crippen molar-refractivity contribution in [2.45, 2.75) is 44.3 Å². The van der Waals surface area contributed by atoms with Gasteiger partial charge in [-0.2, -0.15) is 4.98 Å². The third-order valence-electron chi connectivity index (χ3n) is 2.73. The summed E-state index contributed by atoms with van der Waals surface area (Å²) in [6.07, 6.45) is 5.89. The fourth-order valence-electron chi connectivity index (χ4n) is 1.83. The molecular weight excluding hydrogens is 180 g/mol. The number of nitrogens with two attached hydrogens (primary N) is 1. The zero-order valence-electron chi connectivity index (χ0n) is 8.15. The third kappa shape index (κ3) is 2.52. The number of nitrogens with one attached hydrogen (secondary N) is 1. The summed E-state index contributed by atoms with van der Waals surface area (Å²) in [5.41, 5.74) is 5.82. The first-order chi connectivity index (χ1) is 6.84. The summed E-state index contributed by atoms with van der Waals surface area (Å²) in [7, 11) is 0. The lowest BCUT2D eigenvalue weighted by Crippen LogP contribution is -2.37. The second-order valence-electron chi connectivity index (χ2n) is 3.84. The molecule has 5 nitrogen and oxygen atoms in total. The zero-order valence-corrected chi connectivity index (χ0v) is 8.15. The fraction of sp³-hybridized carbons (Fsp3) is 0.778. The van der Waals surface area contributed by atoms with Gasteiger partial charge in [-0.25, -0.2) is 0 Å². The molecule has 5 heteroatoms. The van der Waals surface area contributed by atoms with E-state index >= 15 is 0 Å². The summed E-state index contributed by atoms with van der Waals surface area (Å²) in [5, 5.41) is 7.15. The molecule has 0 bridgehead atoms. The van der Waals surface area contributed by atoms with Crippen LogP contribution < -0.4 is 11.1 Å². The molecule has 1 aliphatic carbocycles. The molecular formula is C9H16N4O. The minimum atomic E-state index is 0.401. The van der Waals surface area contributed by atoms with Crippen molar-refractivity contribution < 1.29 is 4.52 Å². The van der Waals surface area contributed by atoms with Gasteiger partial charge in [-0.1, -0.05) is 5.16 Å². The maximum absolute atomic E-state index is 5.82. The number of hydrogen-bond donors (Lipinski definition) is 2. The lowest BCUT2D eigenvalue weighted by atomic mass is 9.92. The van der Waals surface area contributed by atoms with Crippen LogP contribution in [0.2, 0.25) is 0 Å². The van der Waals surface area contributed by atoms with Gasteiger partial charge in [0.05, 0.1) is 6.54 Å². The van der Waals surface area contributed by atoms with Crippen LogP contribution in [-0.4, -0.2) is 22.2 Å². The Morgan fingerprint density at radius 1 is 1.43 bits per heavy atom. The van der Waals surface area contributed by atoms with Gasteiger partial charge in [0.2, 0.25) is 6.39 Å². The van der Waals surface area contributed by atoms with E-state index in [1.807, 2.05) is 0 Å². The van der Waals surface area contributed by atoms with E-state index in [9.17, 15) is 0 Å². The van der Waals surface area contributed by atoms with Crippen molar-refractivity contribution in [3.8, 4) is 0 Å². The first kappa shape index (κ1) is 9.61. The van der Waals surface area contributed by atoms with E-state index in [1.54, 1.807) is 0 Å². The van der Waals surface area contributed by atoms with Crippen molar-refractivity contribution in [1.29, 1.82) is 0 Å². The molecule has 1 heterocycles. The standard InChI is InChI=1S/C9H16N4O/c10-7-1-3-8(4-2-7)11-5-9-12-6-14-13-9/h6-8,11H,1-5,10H2. The number of rotatable bonds is 3. The van der Waals surface area contributed by atoms with Crippen LogP contribution in [0.25, 0.3) is 0 Å². The highest BCUT2D eigenvalue weighted by atomic mass is 16.5. The largest absolute Gasteiger partial charge is 0.343 e. The number of nitrogens with zero attached hydrogens (tertiary/aromatic N) is 2. The Labute approximate surface area is 83.1 Å². The van der Waals surface area contributed by atoms with Gasteiger partial charge in [0.1, 0.15) is 0 Å². The van der Waals surface area contributed by atoms with Crippen LogP contribution in [0, 0.1) is 0 Å². The normalized spacial score (nSPS) is 27.8. The van der Waals surface area contributed by atoms with Crippen molar-refractivity contribution in [3.05, 3.63) is 12.2 Å². The van der Waals surface area contributed by atoms with Crippen LogP contribution in [0.3, 0.4) is 0 Å². The van der Waals surface area contributed by atoms with Gasteiger partial charge >= 0.3 is 0 Å². The molecule has 0 radical (unpaired) electrons. The first-order valence-corrected chi connectivity index (χ1v) is 5.09. The molecule has 1 aromatic rings. The van der Waals surface area contributed by atoms with Crippen LogP contribution in [0.4, 0.5) is 0 Å². The van der Waals surface area contributed by atoms with Gasteiger partial charge in [-0.15, -0.1) is 0 Å². The predicted molar refractivity (Wildman–Crippen MR) is 51.4 cm³/mol. The van der Waals surface area contributed by atoms with Gasteiger partial charge < -0.3 is 15.6 Å². The maximum atomic E-state index is 5.82. The minimum absolute atomic E-state index is 0.401. The van der Waals surface area contributed by atoms with E-state index < -0.39 is 0 Å². The highest BCUT2D eigenvalue weighted by Crippen LogP contribution is 2.16. The summed E-state index contributed by atoms with van der Waals surface area (Å²) >= 11 is 0. The van der Waals surface area contributed by atoms with Crippen LogP contribution in [0.1, 0.15) is 31.5 Å². The van der Waals surface area contributed by atoms with Crippen molar-refractivity contribution in [2.24, 2.45) is 5.73 Å². The topological polar surface area (TPSA) is 77.0 Å².